The molecular weight excluding hydrogens is 466 g/mol. The fourth-order valence-electron chi connectivity index (χ4n) is 4.47. The molecule has 2 aromatic rings. The number of aromatic nitrogens is 2. The molecule has 1 aliphatic carbocycles. The number of carbonyl (C=O) groups is 1. The summed E-state index contributed by atoms with van der Waals surface area (Å²) >= 11 is 0. The maximum atomic E-state index is 12.1. The number of aryl methyl sites for hydroxylation is 1. The lowest BCUT2D eigenvalue weighted by Crippen LogP contribution is -2.42. The van der Waals surface area contributed by atoms with Crippen LogP contribution in [0.2, 0.25) is 0 Å². The van der Waals surface area contributed by atoms with Gasteiger partial charge in [-0.25, -0.2) is 14.8 Å². The van der Waals surface area contributed by atoms with E-state index < -0.39 is 5.60 Å². The predicted molar refractivity (Wildman–Crippen MR) is 150 cm³/mol. The summed E-state index contributed by atoms with van der Waals surface area (Å²) in [6.45, 7) is 13.4. The minimum atomic E-state index is -0.495. The number of hydrogen-bond donors (Lipinski definition) is 3. The molecule has 4 N–H and O–H groups in total. The molecule has 8 heteroatoms. The van der Waals surface area contributed by atoms with Crippen LogP contribution in [-0.2, 0) is 15.9 Å². The number of benzene rings is 1. The molecular formula is C29H41N5O3. The highest BCUT2D eigenvalue weighted by Crippen LogP contribution is 2.29. The first kappa shape index (κ1) is 28.0. The Morgan fingerprint density at radius 1 is 1.19 bits per heavy atom. The highest BCUT2D eigenvalue weighted by atomic mass is 16.6. The lowest BCUT2D eigenvalue weighted by atomic mass is 9.91. The Balaban J connectivity index is 1.74. The molecule has 1 amide bonds. The largest absolute Gasteiger partial charge is 0.501 e. The summed E-state index contributed by atoms with van der Waals surface area (Å²) < 4.78 is 10.9. The molecule has 0 radical (unpaired) electrons. The van der Waals surface area contributed by atoms with Crippen molar-refractivity contribution in [2.75, 3.05) is 12.4 Å². The number of nitrogens with zero attached hydrogens (tertiary/aromatic N) is 2. The Bertz CT molecular complexity index is 1190. The van der Waals surface area contributed by atoms with Crippen LogP contribution in [0.1, 0.15) is 71.4 Å². The predicted octanol–water partition coefficient (Wildman–Crippen LogP) is 5.85. The van der Waals surface area contributed by atoms with Crippen LogP contribution in [0.25, 0.3) is 16.5 Å². The lowest BCUT2D eigenvalue weighted by molar-refractivity contribution is 0.0492. The van der Waals surface area contributed by atoms with Gasteiger partial charge < -0.3 is 25.8 Å². The van der Waals surface area contributed by atoms with Gasteiger partial charge in [-0.3, -0.25) is 0 Å². The third kappa shape index (κ3) is 7.97. The Morgan fingerprint density at radius 3 is 2.46 bits per heavy atom. The van der Waals surface area contributed by atoms with Gasteiger partial charge in [0.1, 0.15) is 11.4 Å². The number of hydrogen-bond acceptors (Lipinski definition) is 7. The van der Waals surface area contributed by atoms with Gasteiger partial charge in [-0.05, 0) is 95.2 Å². The molecule has 0 bridgehead atoms. The second kappa shape index (κ2) is 12.1. The first-order chi connectivity index (χ1) is 17.5. The van der Waals surface area contributed by atoms with Gasteiger partial charge in [0.25, 0.3) is 0 Å². The number of anilines is 1. The second-order valence-corrected chi connectivity index (χ2v) is 10.5. The van der Waals surface area contributed by atoms with Gasteiger partial charge in [-0.2, -0.15) is 0 Å². The van der Waals surface area contributed by atoms with E-state index >= 15 is 0 Å². The Labute approximate surface area is 220 Å². The van der Waals surface area contributed by atoms with E-state index in [1.54, 1.807) is 13.2 Å². The molecule has 1 aromatic heterocycles. The number of alkyl carbamates (subject to hydrolysis) is 1. The molecule has 1 saturated carbocycles. The summed E-state index contributed by atoms with van der Waals surface area (Å²) in [5.74, 6) is 1.41. The van der Waals surface area contributed by atoms with Crippen molar-refractivity contribution < 1.29 is 14.3 Å². The van der Waals surface area contributed by atoms with Crippen molar-refractivity contribution in [3.8, 4) is 0 Å². The molecule has 0 unspecified atom stereocenters. The van der Waals surface area contributed by atoms with E-state index in [9.17, 15) is 4.79 Å². The van der Waals surface area contributed by atoms with Crippen LogP contribution in [0.15, 0.2) is 48.5 Å². The second-order valence-electron chi connectivity index (χ2n) is 10.5. The monoisotopic (exact) mass is 507 g/mol. The van der Waals surface area contributed by atoms with Gasteiger partial charge in [0.15, 0.2) is 0 Å². The summed E-state index contributed by atoms with van der Waals surface area (Å²) in [6, 6.07) is 4.60. The Morgan fingerprint density at radius 2 is 1.86 bits per heavy atom. The number of rotatable bonds is 8. The van der Waals surface area contributed by atoms with Crippen molar-refractivity contribution >= 4 is 28.5 Å². The van der Waals surface area contributed by atoms with Crippen molar-refractivity contribution in [1.82, 2.24) is 15.3 Å². The van der Waals surface area contributed by atoms with Crippen molar-refractivity contribution in [3.63, 3.8) is 0 Å². The Hall–Kier alpha value is -3.55. The molecule has 37 heavy (non-hydrogen) atoms. The van der Waals surface area contributed by atoms with Gasteiger partial charge in [-0.1, -0.05) is 13.5 Å². The van der Waals surface area contributed by atoms with Crippen LogP contribution >= 0.6 is 0 Å². The van der Waals surface area contributed by atoms with Gasteiger partial charge in [-0.15, -0.1) is 0 Å². The number of fused-ring (bicyclic) bond motifs is 1. The van der Waals surface area contributed by atoms with E-state index in [0.717, 1.165) is 65.5 Å². The normalized spacial score (nSPS) is 18.9. The number of carbonyl (C=O) groups excluding carboxylic acids is 1. The van der Waals surface area contributed by atoms with Crippen LogP contribution in [0, 0.1) is 0 Å². The zero-order valence-electron chi connectivity index (χ0n) is 23.0. The minimum absolute atomic E-state index is 0.124. The van der Waals surface area contributed by atoms with Crippen molar-refractivity contribution in [2.45, 2.75) is 84.4 Å². The molecule has 1 aliphatic rings. The first-order valence-corrected chi connectivity index (χ1v) is 12.9. The molecule has 0 spiro atoms. The molecule has 0 aliphatic heterocycles. The summed E-state index contributed by atoms with van der Waals surface area (Å²) in [7, 11) is 1.66. The van der Waals surface area contributed by atoms with E-state index in [2.05, 4.69) is 41.3 Å². The fourth-order valence-corrected chi connectivity index (χ4v) is 4.47. The van der Waals surface area contributed by atoms with Crippen LogP contribution in [-0.4, -0.2) is 40.9 Å². The third-order valence-electron chi connectivity index (χ3n) is 6.38. The Kier molecular flexibility index (Phi) is 9.18. The van der Waals surface area contributed by atoms with Crippen LogP contribution in [0.5, 0.6) is 0 Å². The molecule has 0 atom stereocenters. The van der Waals surface area contributed by atoms with Gasteiger partial charge >= 0.3 is 6.09 Å². The fraction of sp³-hybridized carbons (Fsp3) is 0.483. The maximum absolute atomic E-state index is 12.1. The summed E-state index contributed by atoms with van der Waals surface area (Å²) in [5, 5.41) is 7.46. The lowest BCUT2D eigenvalue weighted by Gasteiger charge is -2.30. The highest BCUT2D eigenvalue weighted by Gasteiger charge is 2.25. The van der Waals surface area contributed by atoms with E-state index in [4.69, 9.17) is 20.2 Å². The number of nitrogens with two attached hydrogens (primary N) is 1. The zero-order chi connectivity index (χ0) is 27.2. The molecule has 8 nitrogen and oxygen atoms in total. The highest BCUT2D eigenvalue weighted by molar-refractivity contribution is 5.88. The van der Waals surface area contributed by atoms with Crippen molar-refractivity contribution in [2.24, 2.45) is 5.73 Å². The SMILES string of the molecule is C=C(N)/C=C\C(=C(/C)OC)c1cc(CC)c2nc(N[C@H]3CC[C@H](NC(=O)OC(C)(C)C)CC3)ncc2c1. The number of allylic oxidation sites excluding steroid dienone is 4. The third-order valence-corrected chi connectivity index (χ3v) is 6.38. The number of methoxy groups -OCH3 is 1. The van der Waals surface area contributed by atoms with Crippen molar-refractivity contribution in [1.29, 1.82) is 0 Å². The van der Waals surface area contributed by atoms with E-state index in [1.807, 2.05) is 40.0 Å². The van der Waals surface area contributed by atoms with Crippen molar-refractivity contribution in [3.05, 3.63) is 59.6 Å². The first-order valence-electron chi connectivity index (χ1n) is 12.9. The van der Waals surface area contributed by atoms with Gasteiger partial charge in [0.05, 0.1) is 12.6 Å². The molecule has 3 rings (SSSR count). The summed E-state index contributed by atoms with van der Waals surface area (Å²) in [5.41, 5.74) is 9.75. The van der Waals surface area contributed by atoms with E-state index in [1.165, 1.54) is 0 Å². The van der Waals surface area contributed by atoms with Gasteiger partial charge in [0.2, 0.25) is 5.95 Å². The quantitative estimate of drug-likeness (QED) is 0.304. The molecule has 1 heterocycles. The summed E-state index contributed by atoms with van der Waals surface area (Å²) in [6.07, 6.45) is 9.64. The van der Waals surface area contributed by atoms with E-state index in [-0.39, 0.29) is 18.2 Å². The van der Waals surface area contributed by atoms with E-state index in [0.29, 0.717) is 11.6 Å². The van der Waals surface area contributed by atoms with Gasteiger partial charge in [0, 0.05) is 34.9 Å². The van der Waals surface area contributed by atoms with Crippen LogP contribution < -0.4 is 16.4 Å². The summed E-state index contributed by atoms with van der Waals surface area (Å²) in [4.78, 5) is 21.6. The molecule has 1 aromatic carbocycles. The topological polar surface area (TPSA) is 111 Å². The molecule has 0 saturated heterocycles. The smallest absolute Gasteiger partial charge is 0.407 e. The molecule has 200 valence electrons. The average molecular weight is 508 g/mol. The number of ether oxygens (including phenoxy) is 2. The minimum Gasteiger partial charge on any atom is -0.501 e. The number of amides is 1. The van der Waals surface area contributed by atoms with Crippen LogP contribution in [0.3, 0.4) is 0 Å². The number of nitrogens with one attached hydrogen (secondary N) is 2. The average Bonchev–Trinajstić information content (AvgIpc) is 2.83. The maximum Gasteiger partial charge on any atom is 0.407 e. The molecule has 1 fully saturated rings. The standard InChI is InChI=1S/C29H41N5O3/c1-8-20-15-21(25(19(3)36-7)14-9-18(2)30)16-22-17-31-27(34-26(20)22)32-23-10-12-24(13-11-23)33-28(35)37-29(4,5)6/h9,14-17,23-24H,2,8,10-13,30H2,1,3-7H3,(H,33,35)(H,31,32,34)/b14-9-,25-19-/t23-,24-. The van der Waals surface area contributed by atoms with Crippen LogP contribution in [0.4, 0.5) is 10.7 Å². The zero-order valence-corrected chi connectivity index (χ0v) is 23.0.